The van der Waals surface area contributed by atoms with Crippen molar-refractivity contribution in [3.8, 4) is 0 Å². The molecule has 0 unspecified atom stereocenters. The maximum absolute atomic E-state index is 5.80. The standard InChI is InChI=1S/C9H13N3/c1-6-4-3-5-7(8(6)10)9(11)12-2/h3-5H,10H2,1-2H3,(H2,11,12). The first-order valence-electron chi connectivity index (χ1n) is 3.74. The van der Waals surface area contributed by atoms with Crippen molar-refractivity contribution in [1.82, 2.24) is 0 Å². The van der Waals surface area contributed by atoms with Crippen LogP contribution in [-0.4, -0.2) is 12.9 Å². The van der Waals surface area contributed by atoms with Gasteiger partial charge in [0.05, 0.1) is 0 Å². The number of anilines is 1. The Bertz CT molecular complexity index is 316. The molecular weight excluding hydrogens is 150 g/mol. The monoisotopic (exact) mass is 163 g/mol. The average Bonchev–Trinajstić information content (AvgIpc) is 2.08. The van der Waals surface area contributed by atoms with Gasteiger partial charge in [-0.25, -0.2) is 0 Å². The van der Waals surface area contributed by atoms with Gasteiger partial charge >= 0.3 is 0 Å². The van der Waals surface area contributed by atoms with Crippen molar-refractivity contribution in [2.75, 3.05) is 12.8 Å². The highest BCUT2D eigenvalue weighted by Crippen LogP contribution is 2.15. The van der Waals surface area contributed by atoms with E-state index in [2.05, 4.69) is 4.99 Å². The SMILES string of the molecule is CN=C(N)c1cccc(C)c1N. The molecule has 0 fully saturated rings. The second-order valence-electron chi connectivity index (χ2n) is 2.64. The minimum absolute atomic E-state index is 0.483. The van der Waals surface area contributed by atoms with Crippen LogP contribution in [0.4, 0.5) is 5.69 Å². The molecule has 4 N–H and O–H groups in total. The highest BCUT2D eigenvalue weighted by molar-refractivity contribution is 6.02. The molecule has 0 aliphatic heterocycles. The summed E-state index contributed by atoms with van der Waals surface area (Å²) in [6.45, 7) is 1.95. The van der Waals surface area contributed by atoms with Gasteiger partial charge in [0, 0.05) is 18.3 Å². The van der Waals surface area contributed by atoms with Gasteiger partial charge in [-0.15, -0.1) is 0 Å². The molecule has 0 aliphatic carbocycles. The number of hydrogen-bond donors (Lipinski definition) is 2. The fourth-order valence-electron chi connectivity index (χ4n) is 1.02. The molecule has 0 aliphatic rings. The van der Waals surface area contributed by atoms with Gasteiger partial charge in [0.25, 0.3) is 0 Å². The number of para-hydroxylation sites is 1. The number of nitrogens with two attached hydrogens (primary N) is 2. The second-order valence-corrected chi connectivity index (χ2v) is 2.64. The highest BCUT2D eigenvalue weighted by Gasteiger charge is 2.03. The maximum atomic E-state index is 5.80. The molecule has 12 heavy (non-hydrogen) atoms. The van der Waals surface area contributed by atoms with Gasteiger partial charge < -0.3 is 11.5 Å². The first kappa shape index (κ1) is 8.59. The van der Waals surface area contributed by atoms with Gasteiger partial charge in [-0.1, -0.05) is 12.1 Å². The fraction of sp³-hybridized carbons (Fsp3) is 0.222. The second kappa shape index (κ2) is 3.26. The lowest BCUT2D eigenvalue weighted by atomic mass is 10.1. The quantitative estimate of drug-likeness (QED) is 0.367. The van der Waals surface area contributed by atoms with Crippen LogP contribution in [0.5, 0.6) is 0 Å². The lowest BCUT2D eigenvalue weighted by Gasteiger charge is -2.06. The number of benzene rings is 1. The van der Waals surface area contributed by atoms with Crippen molar-refractivity contribution in [1.29, 1.82) is 0 Å². The maximum Gasteiger partial charge on any atom is 0.127 e. The van der Waals surface area contributed by atoms with Crippen LogP contribution in [0.1, 0.15) is 11.1 Å². The van der Waals surface area contributed by atoms with E-state index in [4.69, 9.17) is 11.5 Å². The number of nitrogens with zero attached hydrogens (tertiary/aromatic N) is 1. The van der Waals surface area contributed by atoms with Crippen LogP contribution in [0, 0.1) is 6.92 Å². The zero-order valence-corrected chi connectivity index (χ0v) is 7.33. The van der Waals surface area contributed by atoms with E-state index in [1.807, 2.05) is 25.1 Å². The number of aliphatic imine (C=N–C) groups is 1. The van der Waals surface area contributed by atoms with Crippen molar-refractivity contribution in [3.63, 3.8) is 0 Å². The summed E-state index contributed by atoms with van der Waals surface area (Å²) in [4.78, 5) is 3.88. The zero-order chi connectivity index (χ0) is 9.14. The van der Waals surface area contributed by atoms with E-state index in [9.17, 15) is 0 Å². The van der Waals surface area contributed by atoms with Crippen molar-refractivity contribution < 1.29 is 0 Å². The summed E-state index contributed by atoms with van der Waals surface area (Å²) < 4.78 is 0. The highest BCUT2D eigenvalue weighted by atomic mass is 14.8. The lowest BCUT2D eigenvalue weighted by molar-refractivity contribution is 1.37. The number of nitrogen functional groups attached to an aromatic ring is 1. The van der Waals surface area contributed by atoms with E-state index in [0.717, 1.165) is 11.1 Å². The van der Waals surface area contributed by atoms with E-state index in [0.29, 0.717) is 11.5 Å². The van der Waals surface area contributed by atoms with Gasteiger partial charge in [0.1, 0.15) is 5.84 Å². The van der Waals surface area contributed by atoms with Gasteiger partial charge in [-0.3, -0.25) is 4.99 Å². The predicted molar refractivity (Wildman–Crippen MR) is 52.2 cm³/mol. The van der Waals surface area contributed by atoms with Gasteiger partial charge in [0.15, 0.2) is 0 Å². The Kier molecular flexibility index (Phi) is 2.33. The molecule has 0 saturated carbocycles. The van der Waals surface area contributed by atoms with Gasteiger partial charge in [-0.05, 0) is 18.6 Å². The Morgan fingerprint density at radius 1 is 1.42 bits per heavy atom. The Morgan fingerprint density at radius 3 is 2.67 bits per heavy atom. The number of rotatable bonds is 1. The number of amidine groups is 1. The lowest BCUT2D eigenvalue weighted by Crippen LogP contribution is -2.15. The molecule has 3 heteroatoms. The smallest absolute Gasteiger partial charge is 0.127 e. The third kappa shape index (κ3) is 1.39. The molecule has 0 amide bonds. The van der Waals surface area contributed by atoms with Crippen LogP contribution in [0.25, 0.3) is 0 Å². The van der Waals surface area contributed by atoms with Crippen molar-refractivity contribution in [3.05, 3.63) is 29.3 Å². The van der Waals surface area contributed by atoms with E-state index < -0.39 is 0 Å². The predicted octanol–water partition coefficient (Wildman–Crippen LogP) is 0.912. The molecule has 0 heterocycles. The molecule has 0 bridgehead atoms. The molecule has 1 rings (SSSR count). The van der Waals surface area contributed by atoms with Gasteiger partial charge in [-0.2, -0.15) is 0 Å². The molecule has 0 atom stereocenters. The molecule has 1 aromatic carbocycles. The fourth-order valence-corrected chi connectivity index (χ4v) is 1.02. The molecular formula is C9H13N3. The normalized spacial score (nSPS) is 11.7. The third-order valence-electron chi connectivity index (χ3n) is 1.84. The third-order valence-corrected chi connectivity index (χ3v) is 1.84. The van der Waals surface area contributed by atoms with E-state index in [1.165, 1.54) is 0 Å². The first-order valence-corrected chi connectivity index (χ1v) is 3.74. The summed E-state index contributed by atoms with van der Waals surface area (Å²) in [5, 5.41) is 0. The Morgan fingerprint density at radius 2 is 2.08 bits per heavy atom. The van der Waals surface area contributed by atoms with E-state index in [1.54, 1.807) is 7.05 Å². The van der Waals surface area contributed by atoms with Crippen LogP contribution in [-0.2, 0) is 0 Å². The average molecular weight is 163 g/mol. The topological polar surface area (TPSA) is 64.4 Å². The zero-order valence-electron chi connectivity index (χ0n) is 7.33. The summed E-state index contributed by atoms with van der Waals surface area (Å²) >= 11 is 0. The minimum atomic E-state index is 0.483. The summed E-state index contributed by atoms with van der Waals surface area (Å²) in [6.07, 6.45) is 0. The van der Waals surface area contributed by atoms with Crippen LogP contribution in [0.2, 0.25) is 0 Å². The summed E-state index contributed by atoms with van der Waals surface area (Å²) in [6, 6.07) is 5.73. The molecule has 0 radical (unpaired) electrons. The molecule has 0 saturated heterocycles. The van der Waals surface area contributed by atoms with Crippen LogP contribution >= 0.6 is 0 Å². The van der Waals surface area contributed by atoms with Crippen LogP contribution in [0.15, 0.2) is 23.2 Å². The summed E-state index contributed by atoms with van der Waals surface area (Å²) in [7, 11) is 1.65. The summed E-state index contributed by atoms with van der Waals surface area (Å²) in [5.74, 6) is 0.483. The Balaban J connectivity index is 3.26. The molecule has 64 valence electrons. The minimum Gasteiger partial charge on any atom is -0.398 e. The van der Waals surface area contributed by atoms with Gasteiger partial charge in [0.2, 0.25) is 0 Å². The number of aryl methyl sites for hydroxylation is 1. The molecule has 3 nitrogen and oxygen atoms in total. The van der Waals surface area contributed by atoms with Crippen molar-refractivity contribution in [2.24, 2.45) is 10.7 Å². The van der Waals surface area contributed by atoms with Crippen molar-refractivity contribution >= 4 is 11.5 Å². The number of hydrogen-bond acceptors (Lipinski definition) is 2. The van der Waals surface area contributed by atoms with Crippen LogP contribution < -0.4 is 11.5 Å². The molecule has 0 spiro atoms. The molecule has 0 aromatic heterocycles. The van der Waals surface area contributed by atoms with E-state index >= 15 is 0 Å². The van der Waals surface area contributed by atoms with Crippen molar-refractivity contribution in [2.45, 2.75) is 6.92 Å². The first-order chi connectivity index (χ1) is 5.66. The van der Waals surface area contributed by atoms with E-state index in [-0.39, 0.29) is 0 Å². The summed E-state index contributed by atoms with van der Waals surface area (Å²) in [5.41, 5.74) is 14.0. The Labute approximate surface area is 72.1 Å². The molecule has 1 aromatic rings. The largest absolute Gasteiger partial charge is 0.398 e. The van der Waals surface area contributed by atoms with Crippen LogP contribution in [0.3, 0.4) is 0 Å². The Hall–Kier alpha value is -1.51.